The van der Waals surface area contributed by atoms with Crippen LogP contribution in [0.2, 0.25) is 0 Å². The largest absolute Gasteiger partial charge is 0.383 e. The SMILES string of the molecule is Nc1ncccc1-c1nc2ccc(-n3cccn3)nc2n1-c1ccc2c(c1)CC(F)[C@@H]2N. The maximum atomic E-state index is 14.3. The van der Waals surface area contributed by atoms with Crippen LogP contribution in [0.25, 0.3) is 34.1 Å². The highest BCUT2D eigenvalue weighted by Crippen LogP contribution is 2.36. The maximum absolute atomic E-state index is 14.3. The zero-order chi connectivity index (χ0) is 21.8. The van der Waals surface area contributed by atoms with Crippen LogP contribution >= 0.6 is 0 Å². The molecule has 0 aliphatic heterocycles. The monoisotopic (exact) mass is 426 g/mol. The number of halogens is 1. The Morgan fingerprint density at radius 2 is 1.94 bits per heavy atom. The molecular formula is C23H19FN8. The molecule has 0 saturated heterocycles. The zero-order valence-corrected chi connectivity index (χ0v) is 16.9. The second kappa shape index (κ2) is 6.96. The first kappa shape index (κ1) is 18.6. The van der Waals surface area contributed by atoms with E-state index < -0.39 is 12.2 Å². The van der Waals surface area contributed by atoms with Crippen LogP contribution in [0.5, 0.6) is 0 Å². The van der Waals surface area contributed by atoms with E-state index in [1.54, 1.807) is 17.1 Å². The van der Waals surface area contributed by atoms with Gasteiger partial charge in [0.1, 0.15) is 17.5 Å². The van der Waals surface area contributed by atoms with Crippen LogP contribution in [-0.4, -0.2) is 35.5 Å². The Morgan fingerprint density at radius 3 is 2.75 bits per heavy atom. The standard InChI is InChI=1S/C23H19FN8/c24-17-12-13-11-14(4-5-15(13)20(17)25)32-22(16-3-1-8-27-21(16)26)29-18-6-7-19(30-23(18)32)31-10-2-9-28-31/h1-11,17,20H,12,25H2,(H2,26,27)/t17?,20-/m1/s1. The van der Waals surface area contributed by atoms with Gasteiger partial charge in [0.05, 0.1) is 11.6 Å². The average Bonchev–Trinajstić information content (AvgIpc) is 3.52. The summed E-state index contributed by atoms with van der Waals surface area (Å²) in [6.07, 6.45) is 4.36. The van der Waals surface area contributed by atoms with Crippen molar-refractivity contribution in [1.29, 1.82) is 0 Å². The summed E-state index contributed by atoms with van der Waals surface area (Å²) in [5.41, 5.74) is 16.7. The molecule has 0 spiro atoms. The summed E-state index contributed by atoms with van der Waals surface area (Å²) < 4.78 is 17.9. The number of aromatic nitrogens is 6. The Bertz CT molecular complexity index is 1460. The highest BCUT2D eigenvalue weighted by molar-refractivity contribution is 5.83. The van der Waals surface area contributed by atoms with Gasteiger partial charge >= 0.3 is 0 Å². The smallest absolute Gasteiger partial charge is 0.167 e. The molecule has 2 atom stereocenters. The van der Waals surface area contributed by atoms with Gasteiger partial charge in [-0.1, -0.05) is 6.07 Å². The van der Waals surface area contributed by atoms with E-state index >= 15 is 0 Å². The molecular weight excluding hydrogens is 407 g/mol. The third-order valence-corrected chi connectivity index (χ3v) is 5.86. The lowest BCUT2D eigenvalue weighted by Crippen LogP contribution is -2.17. The number of pyridine rings is 2. The van der Waals surface area contributed by atoms with Crippen molar-refractivity contribution in [1.82, 2.24) is 29.3 Å². The number of benzene rings is 1. The molecule has 8 nitrogen and oxygen atoms in total. The van der Waals surface area contributed by atoms with Crippen LogP contribution < -0.4 is 11.5 Å². The summed E-state index contributed by atoms with van der Waals surface area (Å²) in [5.74, 6) is 1.62. The Kier molecular flexibility index (Phi) is 4.05. The second-order valence-electron chi connectivity index (χ2n) is 7.80. The van der Waals surface area contributed by atoms with Gasteiger partial charge in [-0.2, -0.15) is 5.10 Å². The molecule has 0 saturated carbocycles. The Balaban J connectivity index is 1.63. The fourth-order valence-corrected chi connectivity index (χ4v) is 4.28. The molecule has 1 unspecified atom stereocenters. The number of nitrogens with zero attached hydrogens (tertiary/aromatic N) is 6. The number of nitrogen functional groups attached to an aromatic ring is 1. The number of rotatable bonds is 3. The van der Waals surface area contributed by atoms with E-state index in [2.05, 4.69) is 10.1 Å². The Morgan fingerprint density at radius 1 is 1.03 bits per heavy atom. The van der Waals surface area contributed by atoms with Crippen LogP contribution in [0, 0.1) is 0 Å². The fourth-order valence-electron chi connectivity index (χ4n) is 4.28. The lowest BCUT2D eigenvalue weighted by atomic mass is 10.1. The van der Waals surface area contributed by atoms with E-state index in [-0.39, 0.29) is 6.42 Å². The van der Waals surface area contributed by atoms with Gasteiger partial charge in [0.15, 0.2) is 17.3 Å². The van der Waals surface area contributed by atoms with Crippen molar-refractivity contribution in [2.45, 2.75) is 18.6 Å². The number of anilines is 1. The number of alkyl halides is 1. The molecule has 1 aliphatic carbocycles. The van der Waals surface area contributed by atoms with Crippen molar-refractivity contribution in [3.8, 4) is 22.9 Å². The van der Waals surface area contributed by atoms with E-state index in [1.165, 1.54) is 0 Å². The van der Waals surface area contributed by atoms with Crippen LogP contribution in [-0.2, 0) is 6.42 Å². The van der Waals surface area contributed by atoms with E-state index in [4.69, 9.17) is 21.4 Å². The van der Waals surface area contributed by atoms with Gasteiger partial charge < -0.3 is 11.5 Å². The van der Waals surface area contributed by atoms with Crippen LogP contribution in [0.1, 0.15) is 17.2 Å². The lowest BCUT2D eigenvalue weighted by Gasteiger charge is -2.13. The summed E-state index contributed by atoms with van der Waals surface area (Å²) in [4.78, 5) is 13.9. The van der Waals surface area contributed by atoms with Gasteiger partial charge in [0.25, 0.3) is 0 Å². The minimum Gasteiger partial charge on any atom is -0.383 e. The van der Waals surface area contributed by atoms with Crippen molar-refractivity contribution in [3.63, 3.8) is 0 Å². The molecule has 0 radical (unpaired) electrons. The normalized spacial score (nSPS) is 17.7. The summed E-state index contributed by atoms with van der Waals surface area (Å²) >= 11 is 0. The number of hydrogen-bond acceptors (Lipinski definition) is 6. The topological polar surface area (TPSA) is 113 Å². The highest BCUT2D eigenvalue weighted by atomic mass is 19.1. The molecule has 1 aliphatic rings. The van der Waals surface area contributed by atoms with Gasteiger partial charge in [-0.3, -0.25) is 4.57 Å². The van der Waals surface area contributed by atoms with E-state index in [9.17, 15) is 4.39 Å². The van der Waals surface area contributed by atoms with Gasteiger partial charge in [0.2, 0.25) is 0 Å². The van der Waals surface area contributed by atoms with Crippen molar-refractivity contribution in [3.05, 3.63) is 78.2 Å². The Hall–Kier alpha value is -4.11. The minimum absolute atomic E-state index is 0.285. The predicted molar refractivity (Wildman–Crippen MR) is 119 cm³/mol. The van der Waals surface area contributed by atoms with Crippen LogP contribution in [0.4, 0.5) is 10.2 Å². The predicted octanol–water partition coefficient (Wildman–Crippen LogP) is 3.14. The zero-order valence-electron chi connectivity index (χ0n) is 16.9. The first-order valence-corrected chi connectivity index (χ1v) is 10.2. The summed E-state index contributed by atoms with van der Waals surface area (Å²) in [6.45, 7) is 0. The molecule has 32 heavy (non-hydrogen) atoms. The minimum atomic E-state index is -1.09. The van der Waals surface area contributed by atoms with Crippen molar-refractivity contribution < 1.29 is 4.39 Å². The molecule has 0 bridgehead atoms. The third kappa shape index (κ3) is 2.78. The van der Waals surface area contributed by atoms with Gasteiger partial charge in [0, 0.05) is 30.7 Å². The van der Waals surface area contributed by atoms with Gasteiger partial charge in [-0.05, 0) is 53.6 Å². The van der Waals surface area contributed by atoms with Gasteiger partial charge in [-0.25, -0.2) is 24.0 Å². The third-order valence-electron chi connectivity index (χ3n) is 5.86. The maximum Gasteiger partial charge on any atom is 0.167 e. The highest BCUT2D eigenvalue weighted by Gasteiger charge is 2.30. The number of nitrogens with two attached hydrogens (primary N) is 2. The second-order valence-corrected chi connectivity index (χ2v) is 7.80. The van der Waals surface area contributed by atoms with Crippen molar-refractivity contribution in [2.24, 2.45) is 5.73 Å². The molecule has 4 heterocycles. The fraction of sp³-hybridized carbons (Fsp3) is 0.130. The van der Waals surface area contributed by atoms with Crippen molar-refractivity contribution >= 4 is 17.0 Å². The molecule has 1 aromatic carbocycles. The number of fused-ring (bicyclic) bond motifs is 2. The molecule has 9 heteroatoms. The first-order chi connectivity index (χ1) is 15.6. The molecule has 5 aromatic rings. The Labute approximate surface area is 182 Å². The number of hydrogen-bond donors (Lipinski definition) is 2. The summed E-state index contributed by atoms with van der Waals surface area (Å²) in [7, 11) is 0. The van der Waals surface area contributed by atoms with Crippen LogP contribution in [0.3, 0.4) is 0 Å². The molecule has 158 valence electrons. The molecule has 0 amide bonds. The first-order valence-electron chi connectivity index (χ1n) is 10.2. The van der Waals surface area contributed by atoms with Gasteiger partial charge in [-0.15, -0.1) is 0 Å². The quantitative estimate of drug-likeness (QED) is 0.458. The van der Waals surface area contributed by atoms with E-state index in [0.29, 0.717) is 34.2 Å². The molecule has 4 N–H and O–H groups in total. The molecule has 6 rings (SSSR count). The molecule has 4 aromatic heterocycles. The molecule has 0 fully saturated rings. The summed E-state index contributed by atoms with van der Waals surface area (Å²) in [6, 6.07) is 14.4. The number of imidazole rings is 1. The summed E-state index contributed by atoms with van der Waals surface area (Å²) in [5, 5.41) is 4.28. The van der Waals surface area contributed by atoms with Crippen molar-refractivity contribution in [2.75, 3.05) is 5.73 Å². The average molecular weight is 426 g/mol. The lowest BCUT2D eigenvalue weighted by molar-refractivity contribution is 0.303. The van der Waals surface area contributed by atoms with Crippen LogP contribution in [0.15, 0.2) is 67.1 Å². The van der Waals surface area contributed by atoms with E-state index in [1.807, 2.05) is 59.3 Å². The van der Waals surface area contributed by atoms with E-state index in [0.717, 1.165) is 16.8 Å².